The van der Waals surface area contributed by atoms with Crippen molar-refractivity contribution >= 4 is 11.3 Å². The minimum absolute atomic E-state index is 0.759. The van der Waals surface area contributed by atoms with Crippen molar-refractivity contribution in [2.75, 3.05) is 7.05 Å². The van der Waals surface area contributed by atoms with Crippen molar-refractivity contribution < 1.29 is 4.42 Å². The Morgan fingerprint density at radius 1 is 1.50 bits per heavy atom. The molecule has 1 N–H and O–H groups in total. The molecule has 3 rings (SSSR count). The van der Waals surface area contributed by atoms with Gasteiger partial charge in [-0.3, -0.25) is 0 Å². The lowest BCUT2D eigenvalue weighted by molar-refractivity contribution is 0.573. The molecule has 2 aromatic heterocycles. The zero-order valence-electron chi connectivity index (χ0n) is 9.25. The van der Waals surface area contributed by atoms with E-state index in [9.17, 15) is 0 Å². The minimum atomic E-state index is 0.759. The Bertz CT molecular complexity index is 479. The number of rotatable bonds is 3. The molecule has 0 fully saturated rings. The summed E-state index contributed by atoms with van der Waals surface area (Å²) in [5.74, 6) is 0.768. The largest absolute Gasteiger partial charge is 0.444 e. The van der Waals surface area contributed by atoms with Crippen LogP contribution in [0.25, 0.3) is 10.8 Å². The van der Waals surface area contributed by atoms with Crippen LogP contribution >= 0.6 is 11.3 Å². The van der Waals surface area contributed by atoms with Crippen LogP contribution in [0.2, 0.25) is 0 Å². The van der Waals surface area contributed by atoms with Gasteiger partial charge in [0.15, 0.2) is 0 Å². The van der Waals surface area contributed by atoms with Gasteiger partial charge in [-0.2, -0.15) is 0 Å². The van der Waals surface area contributed by atoms with Crippen molar-refractivity contribution in [1.29, 1.82) is 0 Å². The molecule has 84 valence electrons. The van der Waals surface area contributed by atoms with Gasteiger partial charge in [-0.1, -0.05) is 0 Å². The molecule has 2 aromatic rings. The van der Waals surface area contributed by atoms with Gasteiger partial charge in [0.1, 0.15) is 6.26 Å². The van der Waals surface area contributed by atoms with Gasteiger partial charge >= 0.3 is 0 Å². The first-order chi connectivity index (χ1) is 7.86. The Morgan fingerprint density at radius 3 is 3.25 bits per heavy atom. The summed E-state index contributed by atoms with van der Waals surface area (Å²) in [7, 11) is 1.91. The van der Waals surface area contributed by atoms with Crippen molar-refractivity contribution in [3.05, 3.63) is 28.5 Å². The maximum Gasteiger partial charge on any atom is 0.236 e. The second kappa shape index (κ2) is 4.03. The monoisotopic (exact) mass is 234 g/mol. The van der Waals surface area contributed by atoms with E-state index in [1.165, 1.54) is 34.6 Å². The van der Waals surface area contributed by atoms with Gasteiger partial charge in [0.2, 0.25) is 5.89 Å². The Hall–Kier alpha value is -1.13. The van der Waals surface area contributed by atoms with Gasteiger partial charge in [0.05, 0.1) is 10.6 Å². The smallest absolute Gasteiger partial charge is 0.236 e. The number of oxazole rings is 1. The third-order valence-corrected chi connectivity index (χ3v) is 4.09. The predicted octanol–water partition coefficient (Wildman–Crippen LogP) is 2.61. The number of aromatic nitrogens is 1. The van der Waals surface area contributed by atoms with E-state index < -0.39 is 0 Å². The topological polar surface area (TPSA) is 38.1 Å². The molecule has 3 nitrogen and oxygen atoms in total. The SMILES string of the molecule is CNCc1coc(-c2cc3c(s2)CCC3)n1. The fourth-order valence-corrected chi connectivity index (χ4v) is 3.30. The molecule has 0 aromatic carbocycles. The van der Waals surface area contributed by atoms with Gasteiger partial charge in [-0.05, 0) is 37.9 Å². The number of nitrogens with zero attached hydrogens (tertiary/aromatic N) is 1. The first-order valence-corrected chi connectivity index (χ1v) is 6.39. The van der Waals surface area contributed by atoms with Crippen LogP contribution in [0.5, 0.6) is 0 Å². The van der Waals surface area contributed by atoms with Crippen molar-refractivity contribution in [2.45, 2.75) is 25.8 Å². The number of hydrogen-bond acceptors (Lipinski definition) is 4. The summed E-state index contributed by atoms with van der Waals surface area (Å²) in [5.41, 5.74) is 2.46. The molecule has 0 saturated carbocycles. The highest BCUT2D eigenvalue weighted by molar-refractivity contribution is 7.15. The van der Waals surface area contributed by atoms with E-state index in [0.29, 0.717) is 0 Å². The number of aryl methyl sites for hydroxylation is 2. The standard InChI is InChI=1S/C12H14N2OS/c1-13-6-9-7-15-12(14-9)11-5-8-3-2-4-10(8)16-11/h5,7,13H,2-4,6H2,1H3. The zero-order chi connectivity index (χ0) is 11.0. The normalized spacial score (nSPS) is 14.3. The summed E-state index contributed by atoms with van der Waals surface area (Å²) < 4.78 is 5.50. The van der Waals surface area contributed by atoms with E-state index in [2.05, 4.69) is 16.4 Å². The summed E-state index contributed by atoms with van der Waals surface area (Å²) in [5, 5.41) is 3.07. The highest BCUT2D eigenvalue weighted by Crippen LogP contribution is 2.35. The molecule has 0 aliphatic heterocycles. The molecule has 0 spiro atoms. The predicted molar refractivity (Wildman–Crippen MR) is 64.6 cm³/mol. The lowest BCUT2D eigenvalue weighted by atomic mass is 10.2. The fourth-order valence-electron chi connectivity index (χ4n) is 2.12. The van der Waals surface area contributed by atoms with E-state index >= 15 is 0 Å². The Balaban J connectivity index is 1.89. The van der Waals surface area contributed by atoms with E-state index in [4.69, 9.17) is 4.42 Å². The molecule has 0 bridgehead atoms. The summed E-state index contributed by atoms with van der Waals surface area (Å²) >= 11 is 1.83. The maximum atomic E-state index is 5.50. The molecule has 0 saturated heterocycles. The number of fused-ring (bicyclic) bond motifs is 1. The van der Waals surface area contributed by atoms with E-state index in [0.717, 1.165) is 18.1 Å². The summed E-state index contributed by atoms with van der Waals surface area (Å²) in [6.45, 7) is 0.759. The highest BCUT2D eigenvalue weighted by atomic mass is 32.1. The lowest BCUT2D eigenvalue weighted by Gasteiger charge is -1.90. The van der Waals surface area contributed by atoms with Crippen LogP contribution < -0.4 is 5.32 Å². The van der Waals surface area contributed by atoms with Crippen LogP contribution in [0.15, 0.2) is 16.7 Å². The summed E-state index contributed by atoms with van der Waals surface area (Å²) in [6, 6.07) is 2.24. The van der Waals surface area contributed by atoms with E-state index in [1.807, 2.05) is 18.4 Å². The molecule has 1 aliphatic carbocycles. The van der Waals surface area contributed by atoms with Gasteiger partial charge in [-0.25, -0.2) is 4.98 Å². The van der Waals surface area contributed by atoms with E-state index in [1.54, 1.807) is 6.26 Å². The molecule has 0 atom stereocenters. The highest BCUT2D eigenvalue weighted by Gasteiger charge is 2.17. The van der Waals surface area contributed by atoms with Crippen LogP contribution in [0.1, 0.15) is 22.6 Å². The second-order valence-corrected chi connectivity index (χ2v) is 5.22. The minimum Gasteiger partial charge on any atom is -0.444 e. The fraction of sp³-hybridized carbons (Fsp3) is 0.417. The first kappa shape index (κ1) is 10.1. The molecule has 0 amide bonds. The molecule has 16 heavy (non-hydrogen) atoms. The summed E-state index contributed by atoms with van der Waals surface area (Å²) in [6.07, 6.45) is 5.48. The third kappa shape index (κ3) is 1.68. The van der Waals surface area contributed by atoms with Crippen LogP contribution in [-0.2, 0) is 19.4 Å². The molecular formula is C12H14N2OS. The van der Waals surface area contributed by atoms with Crippen LogP contribution in [0.4, 0.5) is 0 Å². The van der Waals surface area contributed by atoms with Crippen molar-refractivity contribution in [2.24, 2.45) is 0 Å². The van der Waals surface area contributed by atoms with Gasteiger partial charge < -0.3 is 9.73 Å². The number of nitrogens with one attached hydrogen (secondary N) is 1. The zero-order valence-corrected chi connectivity index (χ0v) is 10.1. The van der Waals surface area contributed by atoms with Crippen LogP contribution in [0, 0.1) is 0 Å². The summed E-state index contributed by atoms with van der Waals surface area (Å²) in [4.78, 5) is 7.15. The third-order valence-electron chi connectivity index (χ3n) is 2.87. The van der Waals surface area contributed by atoms with Crippen molar-refractivity contribution in [3.63, 3.8) is 0 Å². The number of thiophene rings is 1. The first-order valence-electron chi connectivity index (χ1n) is 5.58. The molecule has 0 radical (unpaired) electrons. The molecule has 0 unspecified atom stereocenters. The quantitative estimate of drug-likeness (QED) is 0.887. The average Bonchev–Trinajstić information content (AvgIpc) is 2.88. The Labute approximate surface area is 98.5 Å². The van der Waals surface area contributed by atoms with Gasteiger partial charge in [0.25, 0.3) is 0 Å². The van der Waals surface area contributed by atoms with Crippen LogP contribution in [0.3, 0.4) is 0 Å². The Morgan fingerprint density at radius 2 is 2.44 bits per heavy atom. The van der Waals surface area contributed by atoms with Gasteiger partial charge in [0, 0.05) is 11.4 Å². The second-order valence-electron chi connectivity index (χ2n) is 4.09. The molecule has 1 aliphatic rings. The number of hydrogen-bond donors (Lipinski definition) is 1. The Kier molecular flexibility index (Phi) is 2.53. The lowest BCUT2D eigenvalue weighted by Crippen LogP contribution is -2.04. The molecule has 2 heterocycles. The van der Waals surface area contributed by atoms with E-state index in [-0.39, 0.29) is 0 Å². The van der Waals surface area contributed by atoms with Gasteiger partial charge in [-0.15, -0.1) is 11.3 Å². The average molecular weight is 234 g/mol. The maximum absolute atomic E-state index is 5.50. The molecule has 4 heteroatoms. The van der Waals surface area contributed by atoms with Crippen LogP contribution in [-0.4, -0.2) is 12.0 Å². The van der Waals surface area contributed by atoms with Crippen molar-refractivity contribution in [3.8, 4) is 10.8 Å². The molecular weight excluding hydrogens is 220 g/mol. The van der Waals surface area contributed by atoms with Crippen molar-refractivity contribution in [1.82, 2.24) is 10.3 Å².